The number of nitrogens with one attached hydrogen (secondary N) is 2. The summed E-state index contributed by atoms with van der Waals surface area (Å²) in [7, 11) is 3.96. The fourth-order valence-electron chi connectivity index (χ4n) is 5.18. The van der Waals surface area contributed by atoms with E-state index in [0.717, 1.165) is 44.7 Å². The standard InChI is InChI=1S/C32H38F3N7O3.2H2/c1-21(2)25-18-22(6-9-29(25)45-32(33,34)35)38-31-39-26-19-23(7-8-28(26)41(31)4)44-24-10-12-36-27(20-24)30(43)37-11-5-13-42-16-14-40(3)15-17-42;;/h6-10,12,18-21H,5,11,13-17H2,1-4H3,(H,37,43)(H,38,39);2*1H. The summed E-state index contributed by atoms with van der Waals surface area (Å²) in [6.45, 7) is 9.33. The first kappa shape index (κ1) is 32.0. The molecule has 0 aliphatic carbocycles. The SMILES string of the molecule is CC(C)c1cc(Nc2nc3cc(Oc4ccnc(C(=O)NCCCN5CCN(C)CC5)c4)ccc3n2C)ccc1OC(F)(F)F.[HH].[HH]. The molecule has 1 fully saturated rings. The first-order valence-corrected chi connectivity index (χ1v) is 14.9. The molecule has 1 aliphatic heterocycles. The van der Waals surface area contributed by atoms with E-state index in [4.69, 9.17) is 4.74 Å². The fourth-order valence-corrected chi connectivity index (χ4v) is 5.18. The number of fused-ring (bicyclic) bond motifs is 1. The van der Waals surface area contributed by atoms with Crippen LogP contribution < -0.4 is 20.1 Å². The van der Waals surface area contributed by atoms with Gasteiger partial charge in [0.1, 0.15) is 22.9 Å². The third-order valence-corrected chi connectivity index (χ3v) is 7.70. The van der Waals surface area contributed by atoms with E-state index in [9.17, 15) is 18.0 Å². The van der Waals surface area contributed by atoms with Crippen molar-refractivity contribution in [3.05, 3.63) is 66.0 Å². The van der Waals surface area contributed by atoms with E-state index in [1.165, 1.54) is 18.3 Å². The molecule has 0 spiro atoms. The van der Waals surface area contributed by atoms with E-state index in [2.05, 4.69) is 42.2 Å². The Morgan fingerprint density at radius 1 is 1.02 bits per heavy atom. The number of alkyl halides is 3. The Morgan fingerprint density at radius 2 is 1.78 bits per heavy atom. The van der Waals surface area contributed by atoms with Crippen molar-refractivity contribution in [2.75, 3.05) is 51.6 Å². The van der Waals surface area contributed by atoms with Gasteiger partial charge in [0, 0.05) is 66.6 Å². The van der Waals surface area contributed by atoms with Crippen molar-refractivity contribution in [2.45, 2.75) is 32.5 Å². The second-order valence-electron chi connectivity index (χ2n) is 11.5. The molecule has 1 saturated heterocycles. The van der Waals surface area contributed by atoms with Crippen LogP contribution in [0.15, 0.2) is 54.7 Å². The van der Waals surface area contributed by atoms with Gasteiger partial charge in [0.2, 0.25) is 5.95 Å². The number of carbonyl (C=O) groups is 1. The number of carbonyl (C=O) groups excluding carboxylic acids is 1. The molecule has 0 unspecified atom stereocenters. The summed E-state index contributed by atoms with van der Waals surface area (Å²) < 4.78 is 50.7. The summed E-state index contributed by atoms with van der Waals surface area (Å²) >= 11 is 0. The highest BCUT2D eigenvalue weighted by atomic mass is 19.4. The highest BCUT2D eigenvalue weighted by Gasteiger charge is 2.32. The van der Waals surface area contributed by atoms with Gasteiger partial charge in [-0.2, -0.15) is 0 Å². The van der Waals surface area contributed by atoms with Crippen molar-refractivity contribution in [3.63, 3.8) is 0 Å². The molecule has 45 heavy (non-hydrogen) atoms. The molecule has 13 heteroatoms. The molecule has 1 amide bonds. The zero-order chi connectivity index (χ0) is 32.1. The van der Waals surface area contributed by atoms with Gasteiger partial charge in [0.15, 0.2) is 0 Å². The number of imidazole rings is 1. The van der Waals surface area contributed by atoms with Crippen LogP contribution in [0.25, 0.3) is 11.0 Å². The predicted molar refractivity (Wildman–Crippen MR) is 171 cm³/mol. The number of aromatic nitrogens is 3. The van der Waals surface area contributed by atoms with Gasteiger partial charge < -0.3 is 34.5 Å². The largest absolute Gasteiger partial charge is 0.573 e. The second kappa shape index (κ2) is 13.7. The summed E-state index contributed by atoms with van der Waals surface area (Å²) in [4.78, 5) is 26.3. The highest BCUT2D eigenvalue weighted by molar-refractivity contribution is 5.92. The van der Waals surface area contributed by atoms with Gasteiger partial charge in [-0.1, -0.05) is 13.8 Å². The van der Waals surface area contributed by atoms with Crippen molar-refractivity contribution < 1.29 is 30.3 Å². The van der Waals surface area contributed by atoms with E-state index < -0.39 is 6.36 Å². The molecule has 0 radical (unpaired) electrons. The maximum absolute atomic E-state index is 12.9. The van der Waals surface area contributed by atoms with E-state index in [1.807, 2.05) is 17.7 Å². The monoisotopic (exact) mass is 629 g/mol. The molecule has 2 aromatic carbocycles. The summed E-state index contributed by atoms with van der Waals surface area (Å²) in [6.07, 6.45) is -2.38. The van der Waals surface area contributed by atoms with E-state index in [1.54, 1.807) is 44.2 Å². The second-order valence-corrected chi connectivity index (χ2v) is 11.5. The van der Waals surface area contributed by atoms with Gasteiger partial charge in [0.05, 0.1) is 11.0 Å². The zero-order valence-electron chi connectivity index (χ0n) is 25.8. The third-order valence-electron chi connectivity index (χ3n) is 7.70. The highest BCUT2D eigenvalue weighted by Crippen LogP contribution is 2.35. The maximum Gasteiger partial charge on any atom is 0.573 e. The number of pyridine rings is 1. The molecule has 2 N–H and O–H groups in total. The molecule has 244 valence electrons. The number of piperazine rings is 1. The van der Waals surface area contributed by atoms with Crippen LogP contribution in [0.2, 0.25) is 0 Å². The van der Waals surface area contributed by atoms with Crippen LogP contribution in [0.3, 0.4) is 0 Å². The Kier molecular flexibility index (Phi) is 9.78. The lowest BCUT2D eigenvalue weighted by Crippen LogP contribution is -2.45. The number of aryl methyl sites for hydroxylation is 1. The molecule has 2 aromatic heterocycles. The maximum atomic E-state index is 12.9. The first-order chi connectivity index (χ1) is 21.4. The van der Waals surface area contributed by atoms with Crippen molar-refractivity contribution >= 4 is 28.6 Å². The lowest BCUT2D eigenvalue weighted by Gasteiger charge is -2.32. The van der Waals surface area contributed by atoms with Crippen molar-refractivity contribution in [2.24, 2.45) is 7.05 Å². The minimum absolute atomic E-state index is 0. The average Bonchev–Trinajstić information content (AvgIpc) is 3.30. The Labute approximate surface area is 263 Å². The van der Waals surface area contributed by atoms with Crippen LogP contribution >= 0.6 is 0 Å². The van der Waals surface area contributed by atoms with Crippen molar-refractivity contribution in [3.8, 4) is 17.2 Å². The lowest BCUT2D eigenvalue weighted by molar-refractivity contribution is -0.274. The van der Waals surface area contributed by atoms with Gasteiger partial charge >= 0.3 is 6.36 Å². The van der Waals surface area contributed by atoms with Crippen LogP contribution in [-0.4, -0.2) is 82.9 Å². The normalized spacial score (nSPS) is 14.6. The average molecular weight is 630 g/mol. The number of hydrogen-bond donors (Lipinski definition) is 2. The van der Waals surface area contributed by atoms with Crippen LogP contribution in [-0.2, 0) is 7.05 Å². The first-order valence-electron chi connectivity index (χ1n) is 14.9. The van der Waals surface area contributed by atoms with Crippen LogP contribution in [0.5, 0.6) is 17.2 Å². The van der Waals surface area contributed by atoms with Crippen LogP contribution in [0.1, 0.15) is 45.1 Å². The molecule has 5 rings (SSSR count). The number of rotatable bonds is 11. The minimum atomic E-state index is -4.77. The number of halogens is 3. The molecular formula is C32H42F3N7O3. The molecular weight excluding hydrogens is 587 g/mol. The van der Waals surface area contributed by atoms with E-state index in [-0.39, 0.29) is 26.1 Å². The summed E-state index contributed by atoms with van der Waals surface area (Å²) in [5.74, 6) is 0.797. The molecule has 0 bridgehead atoms. The topological polar surface area (TPSA) is 96.8 Å². The Hall–Kier alpha value is -4.36. The number of hydrogen-bond acceptors (Lipinski definition) is 8. The summed E-state index contributed by atoms with van der Waals surface area (Å²) in [6, 6.07) is 13.2. The summed E-state index contributed by atoms with van der Waals surface area (Å²) in [5.41, 5.74) is 2.72. The Balaban J connectivity index is 0.00000300. The lowest BCUT2D eigenvalue weighted by atomic mass is 10.0. The number of anilines is 2. The van der Waals surface area contributed by atoms with Crippen LogP contribution in [0, 0.1) is 0 Å². The Bertz CT molecular complexity index is 1640. The summed E-state index contributed by atoms with van der Waals surface area (Å²) in [5, 5.41) is 6.14. The quantitative estimate of drug-likeness (QED) is 0.185. The number of benzene rings is 2. The molecule has 10 nitrogen and oxygen atoms in total. The molecule has 3 heterocycles. The number of amides is 1. The number of nitrogens with zero attached hydrogens (tertiary/aromatic N) is 5. The number of ether oxygens (including phenoxy) is 2. The van der Waals surface area contributed by atoms with Gasteiger partial charge in [-0.15, -0.1) is 13.2 Å². The molecule has 0 saturated carbocycles. The van der Waals surface area contributed by atoms with E-state index in [0.29, 0.717) is 40.8 Å². The number of likely N-dealkylation sites (N-methyl/N-ethyl adjacent to an activating group) is 1. The smallest absolute Gasteiger partial charge is 0.457 e. The minimum Gasteiger partial charge on any atom is -0.457 e. The van der Waals surface area contributed by atoms with E-state index >= 15 is 0 Å². The Morgan fingerprint density at radius 3 is 2.51 bits per heavy atom. The van der Waals surface area contributed by atoms with Crippen LogP contribution in [0.4, 0.5) is 24.8 Å². The fraction of sp³-hybridized carbons (Fsp3) is 0.406. The molecule has 1 aliphatic rings. The van der Waals surface area contributed by atoms with Gasteiger partial charge in [-0.3, -0.25) is 9.78 Å². The van der Waals surface area contributed by atoms with Crippen molar-refractivity contribution in [1.29, 1.82) is 0 Å². The zero-order valence-corrected chi connectivity index (χ0v) is 25.8. The van der Waals surface area contributed by atoms with Crippen molar-refractivity contribution in [1.82, 2.24) is 29.7 Å². The van der Waals surface area contributed by atoms with Gasteiger partial charge in [0.25, 0.3) is 5.91 Å². The predicted octanol–water partition coefficient (Wildman–Crippen LogP) is 6.39. The third kappa shape index (κ3) is 8.43. The van der Waals surface area contributed by atoms with Gasteiger partial charge in [-0.05, 0) is 67.9 Å². The molecule has 4 aromatic rings. The van der Waals surface area contributed by atoms with Gasteiger partial charge in [-0.25, -0.2) is 4.98 Å². The molecule has 0 atom stereocenters.